The minimum Gasteiger partial charge on any atom is -0.358 e. The molecule has 1 aromatic carbocycles. The van der Waals surface area contributed by atoms with Crippen molar-refractivity contribution < 1.29 is 0 Å². The lowest BCUT2D eigenvalue weighted by Crippen LogP contribution is -2.39. The van der Waals surface area contributed by atoms with Gasteiger partial charge in [-0.2, -0.15) is 5.10 Å². The van der Waals surface area contributed by atoms with Gasteiger partial charge in [0.05, 0.1) is 5.69 Å². The summed E-state index contributed by atoms with van der Waals surface area (Å²) in [5, 5.41) is 9.02. The van der Waals surface area contributed by atoms with E-state index < -0.39 is 0 Å². The molecular weight excluding hydrogens is 376 g/mol. The molecule has 0 radical (unpaired) electrons. The van der Waals surface area contributed by atoms with Gasteiger partial charge in [-0.15, -0.1) is 36.9 Å². The van der Waals surface area contributed by atoms with Gasteiger partial charge in [0.1, 0.15) is 0 Å². The van der Waals surface area contributed by atoms with Gasteiger partial charge in [0.2, 0.25) is 4.80 Å². The van der Waals surface area contributed by atoms with E-state index in [2.05, 4.69) is 58.7 Å². The minimum atomic E-state index is 0. The Morgan fingerprint density at radius 2 is 1.96 bits per heavy atom. The van der Waals surface area contributed by atoms with E-state index >= 15 is 0 Å². The third kappa shape index (κ3) is 7.53. The maximum Gasteiger partial charge on any atom is 0.208 e. The van der Waals surface area contributed by atoms with Crippen molar-refractivity contribution in [1.29, 1.82) is 0 Å². The van der Waals surface area contributed by atoms with Gasteiger partial charge in [-0.25, -0.2) is 5.84 Å². The fourth-order valence-electron chi connectivity index (χ4n) is 1.79. The van der Waals surface area contributed by atoms with Crippen molar-refractivity contribution in [2.24, 2.45) is 16.8 Å². The molecule has 0 spiro atoms. The molecule has 9 heteroatoms. The Kier molecular flexibility index (Phi) is 12.1. The molecule has 0 saturated heterocycles. The molecule has 0 aliphatic carbocycles. The zero-order valence-electron chi connectivity index (χ0n) is 13.7. The van der Waals surface area contributed by atoms with Crippen LogP contribution in [0.2, 0.25) is 0 Å². The van der Waals surface area contributed by atoms with Gasteiger partial charge in [0.25, 0.3) is 0 Å². The van der Waals surface area contributed by atoms with Crippen molar-refractivity contribution in [3.8, 4) is 11.3 Å². The molecule has 6 nitrogen and oxygen atoms in total. The summed E-state index contributed by atoms with van der Waals surface area (Å²) in [4.78, 5) is 0.804. The average Bonchev–Trinajstić information content (AvgIpc) is 3.04. The lowest BCUT2D eigenvalue weighted by atomic mass is 10.2. The Morgan fingerprint density at radius 3 is 2.48 bits per heavy atom. The van der Waals surface area contributed by atoms with Crippen molar-refractivity contribution >= 4 is 41.1 Å². The molecule has 0 amide bonds. The fourth-order valence-corrected chi connectivity index (χ4v) is 2.72. The van der Waals surface area contributed by atoms with Gasteiger partial charge in [-0.05, 0) is 17.8 Å². The van der Waals surface area contributed by atoms with Crippen molar-refractivity contribution in [2.75, 3.05) is 6.54 Å². The molecule has 25 heavy (non-hydrogen) atoms. The van der Waals surface area contributed by atoms with Gasteiger partial charge < -0.3 is 21.2 Å². The number of nitrogens with two attached hydrogens (primary N) is 2. The van der Waals surface area contributed by atoms with E-state index in [1.165, 1.54) is 11.3 Å². The maximum absolute atomic E-state index is 5.35. The number of thiocarbonyl (C=S) groups is 1. The summed E-state index contributed by atoms with van der Waals surface area (Å²) in [5.41, 5.74) is 4.55. The zero-order valence-corrected chi connectivity index (χ0v) is 16.2. The van der Waals surface area contributed by atoms with Crippen LogP contribution >= 0.6 is 36.0 Å². The number of hydrazine groups is 1. The van der Waals surface area contributed by atoms with Crippen LogP contribution in [0.25, 0.3) is 11.3 Å². The average molecular weight is 399 g/mol. The van der Waals surface area contributed by atoms with E-state index in [1.807, 2.05) is 28.8 Å². The van der Waals surface area contributed by atoms with Crippen LogP contribution in [0.15, 0.2) is 66.1 Å². The molecule has 136 valence electrons. The van der Waals surface area contributed by atoms with Crippen molar-refractivity contribution in [1.82, 2.24) is 15.3 Å². The SMILES string of the molecule is C=CCNC(=S)NN.C=CCn1c(-c2ccccc2)csc1=NN.Cl. The van der Waals surface area contributed by atoms with E-state index in [-0.39, 0.29) is 12.4 Å². The Morgan fingerprint density at radius 1 is 1.28 bits per heavy atom. The summed E-state index contributed by atoms with van der Waals surface area (Å²) in [6.45, 7) is 8.58. The Hall–Kier alpha value is -2.13. The van der Waals surface area contributed by atoms with Crippen LogP contribution in [-0.4, -0.2) is 16.2 Å². The van der Waals surface area contributed by atoms with E-state index in [1.54, 1.807) is 6.08 Å². The van der Waals surface area contributed by atoms with Gasteiger partial charge in [0, 0.05) is 18.5 Å². The predicted octanol–water partition coefficient (Wildman–Crippen LogP) is 2.11. The van der Waals surface area contributed by atoms with Crippen LogP contribution in [0.3, 0.4) is 0 Å². The number of nitrogens with one attached hydrogen (secondary N) is 2. The number of hydrogen-bond donors (Lipinski definition) is 4. The van der Waals surface area contributed by atoms with Crippen LogP contribution in [0.1, 0.15) is 0 Å². The second-order valence-electron chi connectivity index (χ2n) is 4.44. The zero-order chi connectivity index (χ0) is 17.8. The number of benzene rings is 1. The topological polar surface area (TPSA) is 93.4 Å². The molecule has 0 atom stereocenters. The Balaban J connectivity index is 0.000000552. The quantitative estimate of drug-likeness (QED) is 0.268. The first kappa shape index (κ1) is 22.9. The summed E-state index contributed by atoms with van der Waals surface area (Å²) in [5.74, 6) is 10.3. The van der Waals surface area contributed by atoms with Gasteiger partial charge in [-0.1, -0.05) is 42.5 Å². The normalized spacial score (nSPS) is 9.88. The number of allylic oxidation sites excluding steroid dienone is 1. The van der Waals surface area contributed by atoms with Crippen molar-refractivity contribution in [3.63, 3.8) is 0 Å². The Labute approximate surface area is 163 Å². The predicted molar refractivity (Wildman–Crippen MR) is 113 cm³/mol. The summed E-state index contributed by atoms with van der Waals surface area (Å²) in [6.07, 6.45) is 3.54. The highest BCUT2D eigenvalue weighted by atomic mass is 35.5. The number of aromatic nitrogens is 1. The standard InChI is InChI=1S/C12H13N3S.C4H9N3S.ClH/c1-2-8-15-11(9-16-12(15)14-13)10-6-4-3-5-7-10;1-2-3-6-4(8)7-5;/h2-7,9H,1,8,13H2;2H,1,3,5H2,(H2,6,7,8);1H. The highest BCUT2D eigenvalue weighted by Crippen LogP contribution is 2.19. The molecule has 0 aliphatic heterocycles. The molecule has 6 N–H and O–H groups in total. The Bertz CT molecular complexity index is 724. The van der Waals surface area contributed by atoms with Crippen LogP contribution in [0.4, 0.5) is 0 Å². The smallest absolute Gasteiger partial charge is 0.208 e. The van der Waals surface area contributed by atoms with E-state index in [9.17, 15) is 0 Å². The summed E-state index contributed by atoms with van der Waals surface area (Å²) in [6, 6.07) is 10.2. The van der Waals surface area contributed by atoms with E-state index in [0.717, 1.165) is 16.1 Å². The number of rotatable bonds is 5. The van der Waals surface area contributed by atoms with E-state index in [0.29, 0.717) is 18.2 Å². The maximum atomic E-state index is 5.35. The first-order chi connectivity index (χ1) is 11.7. The lowest BCUT2D eigenvalue weighted by molar-refractivity contribution is 0.788. The molecule has 2 rings (SSSR count). The number of hydrogen-bond acceptors (Lipinski definition) is 5. The molecule has 0 bridgehead atoms. The summed E-state index contributed by atoms with van der Waals surface area (Å²) < 4.78 is 2.05. The largest absolute Gasteiger partial charge is 0.358 e. The van der Waals surface area contributed by atoms with E-state index in [4.69, 9.17) is 11.7 Å². The van der Waals surface area contributed by atoms with Crippen LogP contribution in [0, 0.1) is 0 Å². The van der Waals surface area contributed by atoms with Gasteiger partial charge >= 0.3 is 0 Å². The molecule has 1 heterocycles. The molecular formula is C16H23ClN6S2. The fraction of sp³-hybridized carbons (Fsp3) is 0.125. The summed E-state index contributed by atoms with van der Waals surface area (Å²) in [7, 11) is 0. The van der Waals surface area contributed by atoms with Crippen LogP contribution in [-0.2, 0) is 6.54 Å². The van der Waals surface area contributed by atoms with Crippen LogP contribution < -0.4 is 27.2 Å². The molecule has 2 aromatic rings. The third-order valence-corrected chi connectivity index (χ3v) is 3.97. The van der Waals surface area contributed by atoms with Crippen molar-refractivity contribution in [3.05, 3.63) is 65.8 Å². The first-order valence-electron chi connectivity index (χ1n) is 7.11. The number of halogens is 1. The second-order valence-corrected chi connectivity index (χ2v) is 5.69. The second kappa shape index (κ2) is 13.2. The third-order valence-electron chi connectivity index (χ3n) is 2.83. The molecule has 0 saturated carbocycles. The van der Waals surface area contributed by atoms with Gasteiger partial charge in [0.15, 0.2) is 5.11 Å². The molecule has 0 fully saturated rings. The number of nitrogens with zero attached hydrogens (tertiary/aromatic N) is 2. The summed E-state index contributed by atoms with van der Waals surface area (Å²) >= 11 is 6.16. The molecule has 0 aliphatic rings. The highest BCUT2D eigenvalue weighted by molar-refractivity contribution is 7.80. The highest BCUT2D eigenvalue weighted by Gasteiger charge is 2.05. The molecule has 1 aromatic heterocycles. The van der Waals surface area contributed by atoms with Crippen molar-refractivity contribution in [2.45, 2.75) is 6.54 Å². The van der Waals surface area contributed by atoms with Gasteiger partial charge in [-0.3, -0.25) is 0 Å². The lowest BCUT2D eigenvalue weighted by Gasteiger charge is -2.05. The monoisotopic (exact) mass is 398 g/mol. The minimum absolute atomic E-state index is 0. The van der Waals surface area contributed by atoms with Crippen LogP contribution in [0.5, 0.6) is 0 Å². The number of thiazole rings is 1. The molecule has 0 unspecified atom stereocenters. The first-order valence-corrected chi connectivity index (χ1v) is 8.40.